The molecule has 0 bridgehead atoms. The van der Waals surface area contributed by atoms with Crippen LogP contribution in [0, 0.1) is 5.82 Å². The number of rotatable bonds is 2. The SMILES string of the molecule is O=C(c1cc(C(F)(F)F)[nH]n1)N1CCCCC1c1cccc(F)c1. The van der Waals surface area contributed by atoms with Gasteiger partial charge in [0, 0.05) is 12.6 Å². The van der Waals surface area contributed by atoms with Crippen LogP contribution < -0.4 is 0 Å². The molecule has 128 valence electrons. The predicted octanol–water partition coefficient (Wildman–Crippen LogP) is 3.94. The number of halogens is 4. The van der Waals surface area contributed by atoms with Crippen LogP contribution in [0.1, 0.15) is 47.1 Å². The number of nitrogens with one attached hydrogen (secondary N) is 1. The van der Waals surface area contributed by atoms with E-state index in [1.54, 1.807) is 12.1 Å². The van der Waals surface area contributed by atoms with E-state index in [0.29, 0.717) is 24.6 Å². The molecule has 0 saturated carbocycles. The summed E-state index contributed by atoms with van der Waals surface area (Å²) in [4.78, 5) is 14.1. The Morgan fingerprint density at radius 3 is 2.71 bits per heavy atom. The summed E-state index contributed by atoms with van der Waals surface area (Å²) in [5.41, 5.74) is -0.717. The first-order valence-electron chi connectivity index (χ1n) is 7.55. The fourth-order valence-corrected chi connectivity index (χ4v) is 2.96. The van der Waals surface area contributed by atoms with Gasteiger partial charge in [-0.1, -0.05) is 12.1 Å². The second-order valence-electron chi connectivity index (χ2n) is 5.73. The van der Waals surface area contributed by atoms with Crippen molar-refractivity contribution in [2.24, 2.45) is 0 Å². The van der Waals surface area contributed by atoms with Gasteiger partial charge in [-0.2, -0.15) is 18.3 Å². The number of aromatic amines is 1. The van der Waals surface area contributed by atoms with Crippen LogP contribution in [0.4, 0.5) is 17.6 Å². The van der Waals surface area contributed by atoms with E-state index in [-0.39, 0.29) is 11.7 Å². The van der Waals surface area contributed by atoms with E-state index >= 15 is 0 Å². The van der Waals surface area contributed by atoms with Gasteiger partial charge >= 0.3 is 6.18 Å². The second kappa shape index (κ2) is 6.26. The third-order valence-corrected chi connectivity index (χ3v) is 4.10. The Morgan fingerprint density at radius 2 is 2.04 bits per heavy atom. The molecule has 1 saturated heterocycles. The average Bonchev–Trinajstić information content (AvgIpc) is 3.04. The second-order valence-corrected chi connectivity index (χ2v) is 5.73. The molecule has 1 aliphatic rings. The molecule has 1 fully saturated rings. The fourth-order valence-electron chi connectivity index (χ4n) is 2.96. The van der Waals surface area contributed by atoms with E-state index < -0.39 is 23.6 Å². The van der Waals surface area contributed by atoms with Crippen LogP contribution in [-0.2, 0) is 6.18 Å². The lowest BCUT2D eigenvalue weighted by atomic mass is 9.95. The Hall–Kier alpha value is -2.38. The van der Waals surface area contributed by atoms with Gasteiger partial charge in [0.1, 0.15) is 11.5 Å². The zero-order valence-electron chi connectivity index (χ0n) is 12.6. The maximum absolute atomic E-state index is 13.5. The third-order valence-electron chi connectivity index (χ3n) is 4.10. The molecule has 0 aliphatic carbocycles. The van der Waals surface area contributed by atoms with Crippen LogP contribution in [0.2, 0.25) is 0 Å². The highest BCUT2D eigenvalue weighted by molar-refractivity contribution is 5.92. The number of aromatic nitrogens is 2. The number of likely N-dealkylation sites (tertiary alicyclic amines) is 1. The number of carbonyl (C=O) groups excluding carboxylic acids is 1. The van der Waals surface area contributed by atoms with Crippen LogP contribution in [0.3, 0.4) is 0 Å². The quantitative estimate of drug-likeness (QED) is 0.841. The molecule has 1 amide bonds. The Bertz CT molecular complexity index is 741. The highest BCUT2D eigenvalue weighted by atomic mass is 19.4. The van der Waals surface area contributed by atoms with E-state index in [9.17, 15) is 22.4 Å². The molecule has 0 radical (unpaired) electrons. The minimum absolute atomic E-state index is 0.286. The van der Waals surface area contributed by atoms with Crippen molar-refractivity contribution in [1.29, 1.82) is 0 Å². The van der Waals surface area contributed by atoms with Crippen molar-refractivity contribution < 1.29 is 22.4 Å². The monoisotopic (exact) mass is 341 g/mol. The molecule has 2 heterocycles. The van der Waals surface area contributed by atoms with Gasteiger partial charge in [-0.05, 0) is 37.0 Å². The Balaban J connectivity index is 1.87. The van der Waals surface area contributed by atoms with Crippen LogP contribution in [-0.4, -0.2) is 27.5 Å². The van der Waals surface area contributed by atoms with E-state index in [2.05, 4.69) is 5.10 Å². The van der Waals surface area contributed by atoms with Gasteiger partial charge in [0.15, 0.2) is 5.69 Å². The first-order valence-corrected chi connectivity index (χ1v) is 7.55. The highest BCUT2D eigenvalue weighted by Crippen LogP contribution is 2.33. The van der Waals surface area contributed by atoms with Crippen molar-refractivity contribution in [2.75, 3.05) is 6.54 Å². The highest BCUT2D eigenvalue weighted by Gasteiger charge is 2.36. The fraction of sp³-hybridized carbons (Fsp3) is 0.375. The third kappa shape index (κ3) is 3.27. The van der Waals surface area contributed by atoms with Crippen molar-refractivity contribution >= 4 is 5.91 Å². The molecular weight excluding hydrogens is 326 g/mol. The van der Waals surface area contributed by atoms with Crippen molar-refractivity contribution in [3.63, 3.8) is 0 Å². The largest absolute Gasteiger partial charge is 0.432 e. The number of piperidine rings is 1. The van der Waals surface area contributed by atoms with Gasteiger partial charge in [0.2, 0.25) is 0 Å². The van der Waals surface area contributed by atoms with Crippen molar-refractivity contribution in [3.8, 4) is 0 Å². The lowest BCUT2D eigenvalue weighted by Gasteiger charge is -2.35. The zero-order valence-corrected chi connectivity index (χ0v) is 12.6. The molecule has 1 aromatic carbocycles. The number of nitrogens with zero attached hydrogens (tertiary/aromatic N) is 2. The standard InChI is InChI=1S/C16H15F4N3O/c17-11-5-3-4-10(8-11)13-6-1-2-7-23(13)15(24)12-9-14(22-21-12)16(18,19)20/h3-5,8-9,13H,1-2,6-7H2,(H,21,22). The molecule has 0 spiro atoms. The maximum Gasteiger partial charge on any atom is 0.432 e. The summed E-state index contributed by atoms with van der Waals surface area (Å²) < 4.78 is 51.4. The lowest BCUT2D eigenvalue weighted by molar-refractivity contribution is -0.141. The molecule has 4 nitrogen and oxygen atoms in total. The average molecular weight is 341 g/mol. The number of hydrogen-bond acceptors (Lipinski definition) is 2. The van der Waals surface area contributed by atoms with E-state index in [4.69, 9.17) is 0 Å². The molecule has 8 heteroatoms. The van der Waals surface area contributed by atoms with Crippen LogP contribution in [0.15, 0.2) is 30.3 Å². The van der Waals surface area contributed by atoms with Crippen molar-refractivity contribution in [1.82, 2.24) is 15.1 Å². The van der Waals surface area contributed by atoms with Crippen molar-refractivity contribution in [3.05, 3.63) is 53.1 Å². The number of hydrogen-bond donors (Lipinski definition) is 1. The molecule has 1 aromatic heterocycles. The molecule has 1 aliphatic heterocycles. The topological polar surface area (TPSA) is 49.0 Å². The lowest BCUT2D eigenvalue weighted by Crippen LogP contribution is -2.38. The smallest absolute Gasteiger partial charge is 0.330 e. The van der Waals surface area contributed by atoms with Crippen LogP contribution in [0.25, 0.3) is 0 Å². The summed E-state index contributed by atoms with van der Waals surface area (Å²) in [5, 5.41) is 5.34. The number of H-pyrrole nitrogens is 1. The zero-order chi connectivity index (χ0) is 17.3. The Kier molecular flexibility index (Phi) is 4.29. The van der Waals surface area contributed by atoms with Crippen molar-refractivity contribution in [2.45, 2.75) is 31.5 Å². The number of carbonyl (C=O) groups is 1. The number of benzene rings is 1. The molecular formula is C16H15F4N3O. The first kappa shape index (κ1) is 16.5. The van der Waals surface area contributed by atoms with Gasteiger partial charge in [-0.3, -0.25) is 9.89 Å². The first-order chi connectivity index (χ1) is 11.4. The predicted molar refractivity (Wildman–Crippen MR) is 77.6 cm³/mol. The van der Waals surface area contributed by atoms with E-state index in [1.165, 1.54) is 17.0 Å². The Morgan fingerprint density at radius 1 is 1.25 bits per heavy atom. The molecule has 3 rings (SSSR count). The van der Waals surface area contributed by atoms with Gasteiger partial charge in [-0.25, -0.2) is 4.39 Å². The van der Waals surface area contributed by atoms with Crippen LogP contribution in [0.5, 0.6) is 0 Å². The summed E-state index contributed by atoms with van der Waals surface area (Å²) in [6.45, 7) is 0.397. The maximum atomic E-state index is 13.5. The normalized spacial score (nSPS) is 18.7. The van der Waals surface area contributed by atoms with Crippen LogP contribution >= 0.6 is 0 Å². The van der Waals surface area contributed by atoms with Gasteiger partial charge < -0.3 is 4.90 Å². The summed E-state index contributed by atoms with van der Waals surface area (Å²) in [6.07, 6.45) is -2.35. The molecule has 2 aromatic rings. The molecule has 1 unspecified atom stereocenters. The molecule has 1 atom stereocenters. The molecule has 1 N–H and O–H groups in total. The van der Waals surface area contributed by atoms with Gasteiger partial charge in [-0.15, -0.1) is 0 Å². The van der Waals surface area contributed by atoms with Gasteiger partial charge in [0.25, 0.3) is 5.91 Å². The Labute approximate surface area is 135 Å². The summed E-state index contributed by atoms with van der Waals surface area (Å²) >= 11 is 0. The molecule has 24 heavy (non-hydrogen) atoms. The van der Waals surface area contributed by atoms with Gasteiger partial charge in [0.05, 0.1) is 6.04 Å². The number of amides is 1. The van der Waals surface area contributed by atoms with E-state index in [0.717, 1.165) is 12.8 Å². The van der Waals surface area contributed by atoms with E-state index in [1.807, 2.05) is 5.10 Å². The minimum Gasteiger partial charge on any atom is -0.330 e. The summed E-state index contributed by atoms with van der Waals surface area (Å²) in [5.74, 6) is -1.000. The summed E-state index contributed by atoms with van der Waals surface area (Å²) in [6, 6.07) is 6.26. The summed E-state index contributed by atoms with van der Waals surface area (Å²) in [7, 11) is 0. The number of alkyl halides is 3. The minimum atomic E-state index is -4.59.